The van der Waals surface area contributed by atoms with Gasteiger partial charge in [0.15, 0.2) is 5.58 Å². The van der Waals surface area contributed by atoms with Gasteiger partial charge < -0.3 is 15.1 Å². The fourth-order valence-corrected chi connectivity index (χ4v) is 2.44. The van der Waals surface area contributed by atoms with Gasteiger partial charge in [-0.05, 0) is 30.5 Å². The Morgan fingerprint density at radius 3 is 2.84 bits per heavy atom. The second kappa shape index (κ2) is 4.55. The second-order valence-electron chi connectivity index (χ2n) is 4.78. The summed E-state index contributed by atoms with van der Waals surface area (Å²) < 4.78 is 4.92. The maximum atomic E-state index is 12.2. The molecule has 1 aromatic carbocycles. The number of nitrogens with two attached hydrogens (primary N) is 1. The third kappa shape index (κ3) is 2.15. The molecule has 1 amide bonds. The minimum atomic E-state index is -0.694. The van der Waals surface area contributed by atoms with Crippen LogP contribution in [0.2, 0.25) is 0 Å². The number of hydrogen-bond donors (Lipinski definition) is 2. The van der Waals surface area contributed by atoms with E-state index in [0.717, 1.165) is 25.9 Å². The van der Waals surface area contributed by atoms with E-state index in [1.165, 1.54) is 0 Å². The quantitative estimate of drug-likeness (QED) is 0.834. The third-order valence-corrected chi connectivity index (χ3v) is 3.49. The Bertz CT molecular complexity index is 667. The van der Waals surface area contributed by atoms with Crippen molar-refractivity contribution in [1.82, 2.24) is 9.88 Å². The summed E-state index contributed by atoms with van der Waals surface area (Å²) in [6, 6.07) is 4.37. The molecule has 0 bridgehead atoms. The lowest BCUT2D eigenvalue weighted by atomic mass is 10.1. The Labute approximate surface area is 109 Å². The first kappa shape index (κ1) is 12.0. The molecule has 0 radical (unpaired) electrons. The van der Waals surface area contributed by atoms with Gasteiger partial charge in [-0.25, -0.2) is 4.79 Å². The summed E-state index contributed by atoms with van der Waals surface area (Å²) in [7, 11) is 0. The zero-order valence-electron chi connectivity index (χ0n) is 10.4. The maximum Gasteiger partial charge on any atom is 0.417 e. The standard InChI is InChI=1S/C13H15N3O3/c14-11(12(17)16-5-1-2-6-16)8-3-4-10-9(7-8)15-13(18)19-10/h3-4,7,11H,1-2,5-6,14H2,(H,15,18). The van der Waals surface area contributed by atoms with Crippen LogP contribution in [-0.4, -0.2) is 28.9 Å². The SMILES string of the molecule is NC(C(=O)N1CCCC1)c1ccc2oc(=O)[nH]c2c1. The maximum absolute atomic E-state index is 12.2. The lowest BCUT2D eigenvalue weighted by Gasteiger charge is -2.20. The van der Waals surface area contributed by atoms with Crippen LogP contribution in [0.4, 0.5) is 0 Å². The highest BCUT2D eigenvalue weighted by atomic mass is 16.4. The topological polar surface area (TPSA) is 92.3 Å². The third-order valence-electron chi connectivity index (χ3n) is 3.49. The number of rotatable bonds is 2. The number of carbonyl (C=O) groups is 1. The smallest absolute Gasteiger partial charge is 0.408 e. The fourth-order valence-electron chi connectivity index (χ4n) is 2.44. The zero-order chi connectivity index (χ0) is 13.4. The summed E-state index contributed by atoms with van der Waals surface area (Å²) in [6.45, 7) is 1.55. The van der Waals surface area contributed by atoms with Crippen LogP contribution >= 0.6 is 0 Å². The van der Waals surface area contributed by atoms with E-state index < -0.39 is 11.8 Å². The molecular weight excluding hydrogens is 246 g/mol. The highest BCUT2D eigenvalue weighted by Gasteiger charge is 2.25. The normalized spacial score (nSPS) is 17.0. The molecule has 6 nitrogen and oxygen atoms in total. The molecule has 2 heterocycles. The lowest BCUT2D eigenvalue weighted by molar-refractivity contribution is -0.131. The van der Waals surface area contributed by atoms with Crippen LogP contribution in [-0.2, 0) is 4.79 Å². The van der Waals surface area contributed by atoms with Crippen molar-refractivity contribution in [3.63, 3.8) is 0 Å². The van der Waals surface area contributed by atoms with Gasteiger partial charge in [-0.3, -0.25) is 9.78 Å². The monoisotopic (exact) mass is 261 g/mol. The van der Waals surface area contributed by atoms with Gasteiger partial charge in [0.05, 0.1) is 5.52 Å². The van der Waals surface area contributed by atoms with Crippen LogP contribution in [0.25, 0.3) is 11.1 Å². The van der Waals surface area contributed by atoms with Gasteiger partial charge in [-0.15, -0.1) is 0 Å². The van der Waals surface area contributed by atoms with E-state index in [1.54, 1.807) is 23.1 Å². The first-order chi connectivity index (χ1) is 9.15. The molecule has 1 unspecified atom stereocenters. The molecule has 1 aromatic heterocycles. The Hall–Kier alpha value is -2.08. The predicted molar refractivity (Wildman–Crippen MR) is 69.6 cm³/mol. The first-order valence-corrected chi connectivity index (χ1v) is 6.32. The van der Waals surface area contributed by atoms with Crippen LogP contribution in [0.3, 0.4) is 0 Å². The number of fused-ring (bicyclic) bond motifs is 1. The number of likely N-dealkylation sites (tertiary alicyclic amines) is 1. The summed E-state index contributed by atoms with van der Waals surface area (Å²) >= 11 is 0. The van der Waals surface area contributed by atoms with Gasteiger partial charge in [-0.2, -0.15) is 0 Å². The zero-order valence-corrected chi connectivity index (χ0v) is 10.4. The number of amides is 1. The molecule has 1 saturated heterocycles. The highest BCUT2D eigenvalue weighted by Crippen LogP contribution is 2.20. The number of benzene rings is 1. The van der Waals surface area contributed by atoms with Crippen LogP contribution in [0.15, 0.2) is 27.4 Å². The van der Waals surface area contributed by atoms with E-state index in [0.29, 0.717) is 16.7 Å². The van der Waals surface area contributed by atoms with Crippen molar-refractivity contribution in [2.75, 3.05) is 13.1 Å². The van der Waals surface area contributed by atoms with Crippen molar-refractivity contribution in [2.24, 2.45) is 5.73 Å². The lowest BCUT2D eigenvalue weighted by Crippen LogP contribution is -2.36. The summed E-state index contributed by atoms with van der Waals surface area (Å²) in [6.07, 6.45) is 2.07. The number of hydrogen-bond acceptors (Lipinski definition) is 4. The average molecular weight is 261 g/mol. The number of nitrogens with zero attached hydrogens (tertiary/aromatic N) is 1. The van der Waals surface area contributed by atoms with Gasteiger partial charge in [-0.1, -0.05) is 6.07 Å². The van der Waals surface area contributed by atoms with Crippen molar-refractivity contribution in [3.8, 4) is 0 Å². The fraction of sp³-hybridized carbons (Fsp3) is 0.385. The van der Waals surface area contributed by atoms with Crippen LogP contribution in [0.1, 0.15) is 24.4 Å². The molecule has 1 aliphatic heterocycles. The van der Waals surface area contributed by atoms with Crippen LogP contribution < -0.4 is 11.5 Å². The number of aromatic nitrogens is 1. The van der Waals surface area contributed by atoms with Gasteiger partial charge in [0.25, 0.3) is 0 Å². The average Bonchev–Trinajstić information content (AvgIpc) is 3.03. The van der Waals surface area contributed by atoms with Crippen molar-refractivity contribution in [3.05, 3.63) is 34.3 Å². The van der Waals surface area contributed by atoms with Gasteiger partial charge in [0.2, 0.25) is 5.91 Å². The summed E-state index contributed by atoms with van der Waals surface area (Å²) in [5, 5.41) is 0. The highest BCUT2D eigenvalue weighted by molar-refractivity contribution is 5.85. The number of aromatic amines is 1. The van der Waals surface area contributed by atoms with Crippen LogP contribution in [0.5, 0.6) is 0 Å². The Morgan fingerprint density at radius 1 is 1.37 bits per heavy atom. The number of nitrogens with one attached hydrogen (secondary N) is 1. The van der Waals surface area contributed by atoms with Gasteiger partial charge in [0, 0.05) is 13.1 Å². The summed E-state index contributed by atoms with van der Waals surface area (Å²) in [5.74, 6) is -0.575. The van der Waals surface area contributed by atoms with E-state index in [4.69, 9.17) is 10.2 Å². The molecule has 1 aliphatic rings. The minimum absolute atomic E-state index is 0.0670. The van der Waals surface area contributed by atoms with Crippen molar-refractivity contribution < 1.29 is 9.21 Å². The molecule has 0 spiro atoms. The number of oxazole rings is 1. The Balaban J connectivity index is 1.89. The molecule has 1 atom stereocenters. The van der Waals surface area contributed by atoms with Crippen LogP contribution in [0, 0.1) is 0 Å². The molecule has 3 N–H and O–H groups in total. The molecule has 0 saturated carbocycles. The summed E-state index contributed by atoms with van der Waals surface area (Å²) in [5.41, 5.74) is 7.71. The largest absolute Gasteiger partial charge is 0.417 e. The van der Waals surface area contributed by atoms with Gasteiger partial charge >= 0.3 is 5.76 Å². The molecule has 2 aromatic rings. The number of carbonyl (C=O) groups excluding carboxylic acids is 1. The minimum Gasteiger partial charge on any atom is -0.408 e. The molecule has 6 heteroatoms. The second-order valence-corrected chi connectivity index (χ2v) is 4.78. The predicted octanol–water partition coefficient (Wildman–Crippen LogP) is 0.743. The van der Waals surface area contributed by atoms with Crippen molar-refractivity contribution in [1.29, 1.82) is 0 Å². The van der Waals surface area contributed by atoms with E-state index in [2.05, 4.69) is 4.98 Å². The van der Waals surface area contributed by atoms with E-state index in [9.17, 15) is 9.59 Å². The van der Waals surface area contributed by atoms with E-state index in [1.807, 2.05) is 0 Å². The first-order valence-electron chi connectivity index (χ1n) is 6.32. The van der Waals surface area contributed by atoms with Gasteiger partial charge in [0.1, 0.15) is 6.04 Å². The Morgan fingerprint density at radius 2 is 2.11 bits per heavy atom. The molecule has 19 heavy (non-hydrogen) atoms. The van der Waals surface area contributed by atoms with Crippen molar-refractivity contribution >= 4 is 17.0 Å². The Kier molecular flexibility index (Phi) is 2.87. The molecule has 0 aliphatic carbocycles. The molecule has 1 fully saturated rings. The van der Waals surface area contributed by atoms with Crippen molar-refractivity contribution in [2.45, 2.75) is 18.9 Å². The molecular formula is C13H15N3O3. The van der Waals surface area contributed by atoms with E-state index in [-0.39, 0.29) is 5.91 Å². The van der Waals surface area contributed by atoms with E-state index >= 15 is 0 Å². The summed E-state index contributed by atoms with van der Waals surface area (Å²) in [4.78, 5) is 27.6. The molecule has 100 valence electrons. The molecule has 3 rings (SSSR count). The number of H-pyrrole nitrogens is 1.